The normalized spacial score (nSPS) is 11.2. The van der Waals surface area contributed by atoms with Gasteiger partial charge in [-0.2, -0.15) is 5.26 Å². The lowest BCUT2D eigenvalue weighted by Crippen LogP contribution is -2.46. The van der Waals surface area contributed by atoms with Gasteiger partial charge in [0.25, 0.3) is 11.8 Å². The minimum absolute atomic E-state index is 0.00121. The summed E-state index contributed by atoms with van der Waals surface area (Å²) in [7, 11) is 0. The smallest absolute Gasteiger partial charge is 0.343 e. The summed E-state index contributed by atoms with van der Waals surface area (Å²) < 4.78 is 12.3. The highest BCUT2D eigenvalue weighted by molar-refractivity contribution is 5.97. The standard InChI is InChI=1S/C21H18N4O5/c1-13-17(16(12-22)20(29-13)25-10-6-7-11-25)21(28)30-14(2)18(26)23-24-19(27)15-8-4-3-5-9-15/h3-11,14H,1-2H3,(H,23,26)(H,24,27)/t14-/m1/s1. The molecule has 0 aliphatic carbocycles. The molecule has 1 aromatic carbocycles. The lowest BCUT2D eigenvalue weighted by molar-refractivity contribution is -0.129. The topological polar surface area (TPSA) is 126 Å². The average molecular weight is 406 g/mol. The largest absolute Gasteiger partial charge is 0.449 e. The van der Waals surface area contributed by atoms with Crippen molar-refractivity contribution in [3.05, 3.63) is 77.3 Å². The highest BCUT2D eigenvalue weighted by atomic mass is 16.5. The fourth-order valence-corrected chi connectivity index (χ4v) is 2.69. The van der Waals surface area contributed by atoms with Gasteiger partial charge in [-0.1, -0.05) is 18.2 Å². The Hall–Kier alpha value is -4.32. The molecular formula is C21H18N4O5. The van der Waals surface area contributed by atoms with Crippen LogP contribution in [0.25, 0.3) is 5.88 Å². The molecule has 0 aliphatic heterocycles. The predicted octanol–water partition coefficient (Wildman–Crippen LogP) is 2.26. The highest BCUT2D eigenvalue weighted by Gasteiger charge is 2.28. The molecule has 152 valence electrons. The summed E-state index contributed by atoms with van der Waals surface area (Å²) in [6.07, 6.45) is 2.10. The number of ether oxygens (including phenoxy) is 1. The van der Waals surface area contributed by atoms with E-state index in [4.69, 9.17) is 9.15 Å². The van der Waals surface area contributed by atoms with Crippen LogP contribution in [0.1, 0.15) is 39.0 Å². The molecule has 0 unspecified atom stereocenters. The van der Waals surface area contributed by atoms with Gasteiger partial charge in [-0.25, -0.2) is 4.79 Å². The van der Waals surface area contributed by atoms with Crippen molar-refractivity contribution in [1.29, 1.82) is 5.26 Å². The number of hydrogen-bond donors (Lipinski definition) is 2. The van der Waals surface area contributed by atoms with Crippen molar-refractivity contribution in [2.24, 2.45) is 0 Å². The van der Waals surface area contributed by atoms with Gasteiger partial charge in [-0.3, -0.25) is 25.0 Å². The fraction of sp³-hybridized carbons (Fsp3) is 0.143. The van der Waals surface area contributed by atoms with E-state index in [1.165, 1.54) is 13.8 Å². The van der Waals surface area contributed by atoms with E-state index in [1.54, 1.807) is 59.4 Å². The first kappa shape index (κ1) is 20.4. The summed E-state index contributed by atoms with van der Waals surface area (Å²) in [4.78, 5) is 36.7. The maximum atomic E-state index is 12.6. The zero-order valence-corrected chi connectivity index (χ0v) is 16.2. The van der Waals surface area contributed by atoms with E-state index in [-0.39, 0.29) is 22.8 Å². The quantitative estimate of drug-likeness (QED) is 0.494. The van der Waals surface area contributed by atoms with Gasteiger partial charge in [-0.15, -0.1) is 0 Å². The number of carbonyl (C=O) groups excluding carboxylic acids is 3. The third-order valence-electron chi connectivity index (χ3n) is 4.21. The van der Waals surface area contributed by atoms with Crippen LogP contribution in [0, 0.1) is 18.3 Å². The van der Waals surface area contributed by atoms with Crippen LogP contribution < -0.4 is 10.9 Å². The van der Waals surface area contributed by atoms with Crippen LogP contribution in [0.4, 0.5) is 0 Å². The van der Waals surface area contributed by atoms with E-state index in [2.05, 4.69) is 10.9 Å². The van der Waals surface area contributed by atoms with Gasteiger partial charge in [0.2, 0.25) is 5.88 Å². The Balaban J connectivity index is 1.66. The van der Waals surface area contributed by atoms with E-state index in [0.717, 1.165) is 0 Å². The Morgan fingerprint density at radius 1 is 1.10 bits per heavy atom. The van der Waals surface area contributed by atoms with Gasteiger partial charge in [0.15, 0.2) is 6.10 Å². The minimum atomic E-state index is -1.23. The molecule has 9 heteroatoms. The first-order valence-electron chi connectivity index (χ1n) is 8.95. The lowest BCUT2D eigenvalue weighted by Gasteiger charge is -2.14. The van der Waals surface area contributed by atoms with Gasteiger partial charge in [0.1, 0.15) is 23.0 Å². The van der Waals surface area contributed by atoms with Crippen molar-refractivity contribution in [2.45, 2.75) is 20.0 Å². The summed E-state index contributed by atoms with van der Waals surface area (Å²) in [5.41, 5.74) is 4.74. The van der Waals surface area contributed by atoms with Gasteiger partial charge in [-0.05, 0) is 38.1 Å². The number of aromatic nitrogens is 1. The number of aryl methyl sites for hydroxylation is 1. The van der Waals surface area contributed by atoms with Gasteiger partial charge < -0.3 is 9.15 Å². The Morgan fingerprint density at radius 2 is 1.77 bits per heavy atom. The molecule has 0 bridgehead atoms. The summed E-state index contributed by atoms with van der Waals surface area (Å²) in [5.74, 6) is -1.78. The summed E-state index contributed by atoms with van der Waals surface area (Å²) in [6, 6.07) is 13.7. The molecule has 2 aromatic heterocycles. The number of rotatable bonds is 5. The summed E-state index contributed by atoms with van der Waals surface area (Å²) in [5, 5.41) is 9.50. The number of hydrazine groups is 1. The van der Waals surface area contributed by atoms with E-state index in [9.17, 15) is 19.6 Å². The van der Waals surface area contributed by atoms with Crippen LogP contribution in [0.15, 0.2) is 59.3 Å². The molecule has 3 aromatic rings. The molecule has 1 atom stereocenters. The first-order valence-corrected chi connectivity index (χ1v) is 8.95. The molecule has 30 heavy (non-hydrogen) atoms. The maximum Gasteiger partial charge on any atom is 0.343 e. The molecule has 0 saturated heterocycles. The average Bonchev–Trinajstić information content (AvgIpc) is 3.39. The van der Waals surface area contributed by atoms with Crippen LogP contribution >= 0.6 is 0 Å². The predicted molar refractivity (Wildman–Crippen MR) is 104 cm³/mol. The summed E-state index contributed by atoms with van der Waals surface area (Å²) >= 11 is 0. The number of nitriles is 1. The second-order valence-corrected chi connectivity index (χ2v) is 6.27. The highest BCUT2D eigenvalue weighted by Crippen LogP contribution is 2.26. The van der Waals surface area contributed by atoms with Crippen molar-refractivity contribution < 1.29 is 23.5 Å². The van der Waals surface area contributed by atoms with Crippen molar-refractivity contribution in [1.82, 2.24) is 15.4 Å². The van der Waals surface area contributed by atoms with Crippen molar-refractivity contribution in [2.75, 3.05) is 0 Å². The van der Waals surface area contributed by atoms with Crippen molar-refractivity contribution >= 4 is 17.8 Å². The van der Waals surface area contributed by atoms with E-state index < -0.39 is 23.9 Å². The SMILES string of the molecule is Cc1oc(-n2cccc2)c(C#N)c1C(=O)O[C@H](C)C(=O)NNC(=O)c1ccccc1. The number of benzene rings is 1. The molecule has 0 radical (unpaired) electrons. The zero-order valence-electron chi connectivity index (χ0n) is 16.2. The van der Waals surface area contributed by atoms with Crippen LogP contribution in [0.5, 0.6) is 0 Å². The monoisotopic (exact) mass is 406 g/mol. The molecule has 0 saturated carbocycles. The molecule has 0 fully saturated rings. The number of furan rings is 1. The number of carbonyl (C=O) groups is 3. The second kappa shape index (κ2) is 8.79. The molecule has 2 heterocycles. The number of nitrogens with one attached hydrogen (secondary N) is 2. The number of nitrogens with zero attached hydrogens (tertiary/aromatic N) is 2. The van der Waals surface area contributed by atoms with E-state index in [1.807, 2.05) is 6.07 Å². The second-order valence-electron chi connectivity index (χ2n) is 6.27. The van der Waals surface area contributed by atoms with Gasteiger partial charge in [0.05, 0.1) is 0 Å². The number of amides is 2. The Kier molecular flexibility index (Phi) is 5.98. The minimum Gasteiger partial charge on any atom is -0.449 e. The number of esters is 1. The van der Waals surface area contributed by atoms with Crippen LogP contribution in [-0.2, 0) is 9.53 Å². The zero-order chi connectivity index (χ0) is 21.7. The molecule has 0 aliphatic rings. The first-order chi connectivity index (χ1) is 14.4. The maximum absolute atomic E-state index is 12.6. The fourth-order valence-electron chi connectivity index (χ4n) is 2.69. The van der Waals surface area contributed by atoms with Crippen LogP contribution in [0.2, 0.25) is 0 Å². The molecule has 0 spiro atoms. The molecule has 3 rings (SSSR count). The van der Waals surface area contributed by atoms with Crippen molar-refractivity contribution in [3.63, 3.8) is 0 Å². The van der Waals surface area contributed by atoms with Gasteiger partial charge in [0, 0.05) is 18.0 Å². The van der Waals surface area contributed by atoms with Gasteiger partial charge >= 0.3 is 5.97 Å². The Morgan fingerprint density at radius 3 is 2.40 bits per heavy atom. The molecular weight excluding hydrogens is 388 g/mol. The Bertz CT molecular complexity index is 1110. The Labute approximate surface area is 171 Å². The van der Waals surface area contributed by atoms with E-state index in [0.29, 0.717) is 5.56 Å². The van der Waals surface area contributed by atoms with Crippen molar-refractivity contribution in [3.8, 4) is 12.0 Å². The lowest BCUT2D eigenvalue weighted by atomic mass is 10.1. The third-order valence-corrected chi connectivity index (χ3v) is 4.21. The van der Waals surface area contributed by atoms with E-state index >= 15 is 0 Å². The van der Waals surface area contributed by atoms with Crippen LogP contribution in [-0.4, -0.2) is 28.5 Å². The number of hydrogen-bond acceptors (Lipinski definition) is 6. The summed E-state index contributed by atoms with van der Waals surface area (Å²) in [6.45, 7) is 2.87. The molecule has 2 amide bonds. The third kappa shape index (κ3) is 4.23. The molecule has 9 nitrogen and oxygen atoms in total. The van der Waals surface area contributed by atoms with Crippen LogP contribution in [0.3, 0.4) is 0 Å². The molecule has 2 N–H and O–H groups in total.